The average molecular weight is 319 g/mol. The van der Waals surface area contributed by atoms with Crippen LogP contribution in [0.1, 0.15) is 24.8 Å². The number of ether oxygens (including phenoxy) is 1. The Balaban J connectivity index is 1.51. The number of rotatable bonds is 6. The smallest absolute Gasteiger partial charge is 0.227 e. The van der Waals surface area contributed by atoms with Crippen LogP contribution in [-0.4, -0.2) is 66.7 Å². The molecule has 7 heteroatoms. The van der Waals surface area contributed by atoms with Crippen molar-refractivity contribution in [2.75, 3.05) is 56.2 Å². The van der Waals surface area contributed by atoms with Gasteiger partial charge in [0.15, 0.2) is 0 Å². The third-order valence-electron chi connectivity index (χ3n) is 4.32. The third kappa shape index (κ3) is 4.10. The second-order valence-corrected chi connectivity index (χ2v) is 6.07. The summed E-state index contributed by atoms with van der Waals surface area (Å²) in [7, 11) is 0. The second kappa shape index (κ2) is 7.59. The first kappa shape index (κ1) is 16.0. The molecule has 0 aliphatic carbocycles. The number of carbonyl (C=O) groups excluding carboxylic acids is 1. The van der Waals surface area contributed by atoms with E-state index in [1.54, 1.807) is 0 Å². The lowest BCUT2D eigenvalue weighted by molar-refractivity contribution is -0.127. The average Bonchev–Trinajstić information content (AvgIpc) is 2.99. The first-order valence-corrected chi connectivity index (χ1v) is 8.42. The van der Waals surface area contributed by atoms with Crippen LogP contribution in [0, 0.1) is 6.92 Å². The maximum absolute atomic E-state index is 11.6. The maximum Gasteiger partial charge on any atom is 0.227 e. The van der Waals surface area contributed by atoms with Crippen LogP contribution in [0.25, 0.3) is 0 Å². The van der Waals surface area contributed by atoms with E-state index in [1.807, 2.05) is 18.0 Å². The fraction of sp³-hybridized carbons (Fsp3) is 0.688. The standard InChI is InChI=1S/C16H25N5O2/c1-13-12-18-16(21-8-10-23-11-9-21)19-15(13)17-5-3-7-20-6-2-4-14(20)22/h12H,2-11H2,1H3,(H,17,18,19). The number of hydrogen-bond donors (Lipinski definition) is 1. The van der Waals surface area contributed by atoms with Crippen LogP contribution < -0.4 is 10.2 Å². The van der Waals surface area contributed by atoms with E-state index >= 15 is 0 Å². The number of aromatic nitrogens is 2. The molecule has 2 fully saturated rings. The van der Waals surface area contributed by atoms with Crippen LogP contribution in [-0.2, 0) is 9.53 Å². The molecule has 2 aliphatic heterocycles. The number of hydrogen-bond acceptors (Lipinski definition) is 6. The maximum atomic E-state index is 11.6. The highest BCUT2D eigenvalue weighted by Crippen LogP contribution is 2.17. The van der Waals surface area contributed by atoms with Crippen molar-refractivity contribution in [3.05, 3.63) is 11.8 Å². The van der Waals surface area contributed by atoms with Crippen LogP contribution in [0.2, 0.25) is 0 Å². The van der Waals surface area contributed by atoms with E-state index in [2.05, 4.69) is 20.2 Å². The van der Waals surface area contributed by atoms with Crippen LogP contribution in [0.3, 0.4) is 0 Å². The highest BCUT2D eigenvalue weighted by atomic mass is 16.5. The molecule has 0 saturated carbocycles. The van der Waals surface area contributed by atoms with E-state index in [0.717, 1.165) is 76.1 Å². The van der Waals surface area contributed by atoms with Gasteiger partial charge in [0, 0.05) is 50.9 Å². The Morgan fingerprint density at radius 1 is 1.30 bits per heavy atom. The summed E-state index contributed by atoms with van der Waals surface area (Å²) in [5, 5.41) is 3.38. The number of aryl methyl sites for hydroxylation is 1. The molecule has 0 bridgehead atoms. The Bertz CT molecular complexity index is 545. The van der Waals surface area contributed by atoms with Crippen LogP contribution in [0.15, 0.2) is 6.20 Å². The molecule has 0 radical (unpaired) electrons. The fourth-order valence-electron chi connectivity index (χ4n) is 2.94. The predicted octanol–water partition coefficient (Wildman–Crippen LogP) is 1.05. The van der Waals surface area contributed by atoms with Crippen molar-refractivity contribution in [2.24, 2.45) is 0 Å². The van der Waals surface area contributed by atoms with Crippen molar-refractivity contribution in [2.45, 2.75) is 26.2 Å². The summed E-state index contributed by atoms with van der Waals surface area (Å²) in [4.78, 5) is 24.8. The van der Waals surface area contributed by atoms with Crippen molar-refractivity contribution in [3.8, 4) is 0 Å². The summed E-state index contributed by atoms with van der Waals surface area (Å²) in [6.45, 7) is 7.67. The minimum absolute atomic E-state index is 0.290. The fourth-order valence-corrected chi connectivity index (χ4v) is 2.94. The van der Waals surface area contributed by atoms with Crippen molar-refractivity contribution < 1.29 is 9.53 Å². The van der Waals surface area contributed by atoms with Crippen molar-refractivity contribution in [3.63, 3.8) is 0 Å². The lowest BCUT2D eigenvalue weighted by atomic mass is 10.3. The quantitative estimate of drug-likeness (QED) is 0.790. The largest absolute Gasteiger partial charge is 0.378 e. The molecule has 3 heterocycles. The van der Waals surface area contributed by atoms with E-state index < -0.39 is 0 Å². The topological polar surface area (TPSA) is 70.6 Å². The molecule has 23 heavy (non-hydrogen) atoms. The van der Waals surface area contributed by atoms with Crippen LogP contribution >= 0.6 is 0 Å². The molecule has 2 saturated heterocycles. The monoisotopic (exact) mass is 319 g/mol. The molecule has 7 nitrogen and oxygen atoms in total. The Kier molecular flexibility index (Phi) is 5.27. The van der Waals surface area contributed by atoms with Gasteiger partial charge in [-0.15, -0.1) is 0 Å². The molecule has 1 aromatic heterocycles. The molecule has 3 rings (SSSR count). The van der Waals surface area contributed by atoms with E-state index in [1.165, 1.54) is 0 Å². The number of anilines is 2. The van der Waals surface area contributed by atoms with Gasteiger partial charge in [0.25, 0.3) is 0 Å². The van der Waals surface area contributed by atoms with Gasteiger partial charge in [0.1, 0.15) is 5.82 Å². The Hall–Kier alpha value is -1.89. The summed E-state index contributed by atoms with van der Waals surface area (Å²) in [5.41, 5.74) is 1.04. The zero-order chi connectivity index (χ0) is 16.1. The lowest BCUT2D eigenvalue weighted by Crippen LogP contribution is -2.37. The van der Waals surface area contributed by atoms with Crippen molar-refractivity contribution in [1.82, 2.24) is 14.9 Å². The van der Waals surface area contributed by atoms with Gasteiger partial charge in [-0.25, -0.2) is 4.98 Å². The van der Waals surface area contributed by atoms with Gasteiger partial charge in [0.05, 0.1) is 13.2 Å². The zero-order valence-corrected chi connectivity index (χ0v) is 13.8. The number of morpholine rings is 1. The molecule has 0 atom stereocenters. The lowest BCUT2D eigenvalue weighted by Gasteiger charge is -2.27. The Morgan fingerprint density at radius 3 is 2.87 bits per heavy atom. The zero-order valence-electron chi connectivity index (χ0n) is 13.8. The molecule has 1 amide bonds. The molecule has 126 valence electrons. The first-order valence-electron chi connectivity index (χ1n) is 8.42. The molecular formula is C16H25N5O2. The van der Waals surface area contributed by atoms with Gasteiger partial charge in [0.2, 0.25) is 11.9 Å². The SMILES string of the molecule is Cc1cnc(N2CCOCC2)nc1NCCCN1CCCC1=O. The minimum atomic E-state index is 0.290. The van der Waals surface area contributed by atoms with Crippen molar-refractivity contribution in [1.29, 1.82) is 0 Å². The summed E-state index contributed by atoms with van der Waals surface area (Å²) in [6.07, 6.45) is 4.51. The van der Waals surface area contributed by atoms with Gasteiger partial charge in [-0.3, -0.25) is 4.79 Å². The summed E-state index contributed by atoms with van der Waals surface area (Å²) < 4.78 is 5.37. The molecule has 0 spiro atoms. The van der Waals surface area contributed by atoms with E-state index in [9.17, 15) is 4.79 Å². The third-order valence-corrected chi connectivity index (χ3v) is 4.32. The van der Waals surface area contributed by atoms with E-state index in [-0.39, 0.29) is 5.91 Å². The normalized spacial score (nSPS) is 18.6. The summed E-state index contributed by atoms with van der Waals surface area (Å²) in [6, 6.07) is 0. The molecule has 1 aromatic rings. The number of nitrogens with one attached hydrogen (secondary N) is 1. The predicted molar refractivity (Wildman–Crippen MR) is 88.7 cm³/mol. The summed E-state index contributed by atoms with van der Waals surface area (Å²) >= 11 is 0. The van der Waals surface area contributed by atoms with Gasteiger partial charge in [-0.1, -0.05) is 0 Å². The van der Waals surface area contributed by atoms with Crippen LogP contribution in [0.5, 0.6) is 0 Å². The van der Waals surface area contributed by atoms with E-state index in [0.29, 0.717) is 6.42 Å². The van der Waals surface area contributed by atoms with Gasteiger partial charge in [-0.2, -0.15) is 4.98 Å². The highest BCUT2D eigenvalue weighted by molar-refractivity contribution is 5.78. The van der Waals surface area contributed by atoms with Gasteiger partial charge < -0.3 is 19.9 Å². The molecule has 2 aliphatic rings. The Morgan fingerprint density at radius 2 is 2.13 bits per heavy atom. The molecule has 1 N–H and O–H groups in total. The van der Waals surface area contributed by atoms with Crippen molar-refractivity contribution >= 4 is 17.7 Å². The Labute approximate surface area is 137 Å². The molecule has 0 unspecified atom stereocenters. The summed E-state index contributed by atoms with van der Waals surface area (Å²) in [5.74, 6) is 1.93. The van der Waals surface area contributed by atoms with Gasteiger partial charge >= 0.3 is 0 Å². The molecular weight excluding hydrogens is 294 g/mol. The minimum Gasteiger partial charge on any atom is -0.378 e. The first-order chi connectivity index (χ1) is 11.2. The van der Waals surface area contributed by atoms with Crippen LogP contribution in [0.4, 0.5) is 11.8 Å². The van der Waals surface area contributed by atoms with Gasteiger partial charge in [-0.05, 0) is 19.8 Å². The van der Waals surface area contributed by atoms with E-state index in [4.69, 9.17) is 4.74 Å². The number of carbonyl (C=O) groups is 1. The highest BCUT2D eigenvalue weighted by Gasteiger charge is 2.19. The number of nitrogens with zero attached hydrogens (tertiary/aromatic N) is 4. The number of amides is 1. The molecule has 0 aromatic carbocycles. The second-order valence-electron chi connectivity index (χ2n) is 6.07. The number of likely N-dealkylation sites (tertiary alicyclic amines) is 1.